The second-order valence-corrected chi connectivity index (χ2v) is 12.9. The number of nitrogens with one attached hydrogen (secondary N) is 1. The molecule has 0 aliphatic carbocycles. The second kappa shape index (κ2) is 14.1. The minimum absolute atomic E-state index is 0.761. The lowest BCUT2D eigenvalue weighted by Crippen LogP contribution is -1.94. The summed E-state index contributed by atoms with van der Waals surface area (Å²) in [6.45, 7) is 2.14. The summed E-state index contributed by atoms with van der Waals surface area (Å²) in [5.41, 5.74) is 17.5. The quantitative estimate of drug-likeness (QED) is 0.143. The number of benzene rings is 9. The van der Waals surface area contributed by atoms with Crippen LogP contribution in [-0.4, -0.2) is 0 Å². The van der Waals surface area contributed by atoms with Crippen LogP contribution in [0.3, 0.4) is 0 Å². The lowest BCUT2D eigenvalue weighted by atomic mass is 9.85. The first kappa shape index (κ1) is 31.6. The predicted molar refractivity (Wildman–Crippen MR) is 221 cm³/mol. The summed E-state index contributed by atoms with van der Waals surface area (Å²) >= 11 is 0. The molecule has 0 aliphatic rings. The second-order valence-electron chi connectivity index (χ2n) is 12.9. The van der Waals surface area contributed by atoms with Crippen molar-refractivity contribution in [2.75, 3.05) is 11.1 Å². The molecule has 0 spiro atoms. The van der Waals surface area contributed by atoms with Crippen LogP contribution in [0.25, 0.3) is 65.7 Å². The molecule has 0 amide bonds. The Morgan fingerprint density at radius 1 is 0.373 bits per heavy atom. The number of nitrogen functional groups attached to an aromatic ring is 1. The molecule has 2 nitrogen and oxygen atoms in total. The Morgan fingerprint density at radius 3 is 1.41 bits per heavy atom. The van der Waals surface area contributed by atoms with Gasteiger partial charge in [-0.1, -0.05) is 175 Å². The molecule has 9 aromatic rings. The van der Waals surface area contributed by atoms with E-state index >= 15 is 0 Å². The van der Waals surface area contributed by atoms with Gasteiger partial charge >= 0.3 is 0 Å². The molecular formula is C49H38N2. The van der Waals surface area contributed by atoms with Gasteiger partial charge in [0.05, 0.1) is 11.4 Å². The van der Waals surface area contributed by atoms with E-state index in [1.165, 1.54) is 71.3 Å². The number of hydrogen-bond donors (Lipinski definition) is 2. The molecule has 0 saturated carbocycles. The van der Waals surface area contributed by atoms with Crippen LogP contribution >= 0.6 is 0 Å². The number of rotatable bonds is 5. The highest BCUT2D eigenvalue weighted by Gasteiger charge is 2.16. The molecule has 0 heterocycles. The number of fused-ring (bicyclic) bond motifs is 3. The molecule has 2 heteroatoms. The van der Waals surface area contributed by atoms with Gasteiger partial charge in [-0.3, -0.25) is 0 Å². The monoisotopic (exact) mass is 654 g/mol. The number of aryl methyl sites for hydroxylation is 1. The summed E-state index contributed by atoms with van der Waals surface area (Å²) in [5.74, 6) is 0. The van der Waals surface area contributed by atoms with E-state index in [1.807, 2.05) is 54.6 Å². The Balaban J connectivity index is 0.000000224. The predicted octanol–water partition coefficient (Wildman–Crippen LogP) is 13.5. The van der Waals surface area contributed by atoms with Crippen molar-refractivity contribution in [1.82, 2.24) is 0 Å². The maximum absolute atomic E-state index is 5.81. The van der Waals surface area contributed by atoms with Crippen molar-refractivity contribution in [2.45, 2.75) is 6.92 Å². The topological polar surface area (TPSA) is 38.0 Å². The van der Waals surface area contributed by atoms with E-state index in [9.17, 15) is 0 Å². The molecule has 51 heavy (non-hydrogen) atoms. The summed E-state index contributed by atoms with van der Waals surface area (Å²) in [5, 5.41) is 11.0. The van der Waals surface area contributed by atoms with E-state index in [1.54, 1.807) is 0 Å². The van der Waals surface area contributed by atoms with Gasteiger partial charge < -0.3 is 11.1 Å². The lowest BCUT2D eigenvalue weighted by Gasteiger charge is -2.18. The van der Waals surface area contributed by atoms with E-state index in [2.05, 4.69) is 152 Å². The normalized spacial score (nSPS) is 10.9. The van der Waals surface area contributed by atoms with E-state index in [0.29, 0.717) is 0 Å². The molecule has 0 atom stereocenters. The Labute approximate surface area is 299 Å². The zero-order chi connectivity index (χ0) is 34.6. The first-order valence-electron chi connectivity index (χ1n) is 17.4. The largest absolute Gasteiger partial charge is 0.397 e. The number of nitrogens with two attached hydrogens (primary N) is 1. The third kappa shape index (κ3) is 6.44. The average Bonchev–Trinajstić information content (AvgIpc) is 3.19. The van der Waals surface area contributed by atoms with Gasteiger partial charge in [0.25, 0.3) is 0 Å². The SMILES string of the molecule is Cc1ccc(-c2c3ccccc3c(-c3ccc(-c4cccc5ccccc45)cc3)c3ccccc23)cc1.Nc1ccccc1Nc1ccccc1. The summed E-state index contributed by atoms with van der Waals surface area (Å²) in [4.78, 5) is 0. The molecule has 0 fully saturated rings. The summed E-state index contributed by atoms with van der Waals surface area (Å²) in [7, 11) is 0. The third-order valence-electron chi connectivity index (χ3n) is 9.56. The van der Waals surface area contributed by atoms with Crippen LogP contribution in [0, 0.1) is 6.92 Å². The highest BCUT2D eigenvalue weighted by Crippen LogP contribution is 2.44. The Morgan fingerprint density at radius 2 is 0.824 bits per heavy atom. The van der Waals surface area contributed by atoms with Crippen molar-refractivity contribution < 1.29 is 0 Å². The lowest BCUT2D eigenvalue weighted by molar-refractivity contribution is 1.47. The standard InChI is InChI=1S/C37H26.C12H12N2/c1-25-17-19-28(20-18-25)36-32-12-4-6-14-34(32)37(35-15-7-5-13-33(35)36)29-23-21-27(22-24-29)31-16-8-10-26-9-2-3-11-30(26)31;13-11-8-4-5-9-12(11)14-10-6-2-1-3-7-10/h2-24H,1H3;1-9,14H,13H2. The smallest absolute Gasteiger partial charge is 0.0617 e. The van der Waals surface area contributed by atoms with Gasteiger partial charge in [0, 0.05) is 5.69 Å². The zero-order valence-corrected chi connectivity index (χ0v) is 28.6. The summed E-state index contributed by atoms with van der Waals surface area (Å²) in [6.07, 6.45) is 0. The van der Waals surface area contributed by atoms with Crippen molar-refractivity contribution >= 4 is 49.4 Å². The van der Waals surface area contributed by atoms with E-state index in [-0.39, 0.29) is 0 Å². The van der Waals surface area contributed by atoms with E-state index in [0.717, 1.165) is 17.1 Å². The van der Waals surface area contributed by atoms with Crippen molar-refractivity contribution in [3.05, 3.63) is 200 Å². The van der Waals surface area contributed by atoms with Crippen molar-refractivity contribution in [1.29, 1.82) is 0 Å². The Kier molecular flexibility index (Phi) is 8.72. The van der Waals surface area contributed by atoms with Crippen LogP contribution in [0.15, 0.2) is 194 Å². The Bertz CT molecular complexity index is 2540. The Hall–Kier alpha value is -6.64. The van der Waals surface area contributed by atoms with E-state index < -0.39 is 0 Å². The molecule has 3 N–H and O–H groups in total. The van der Waals surface area contributed by atoms with Crippen molar-refractivity contribution in [3.8, 4) is 33.4 Å². The van der Waals surface area contributed by atoms with Crippen LogP contribution in [0.2, 0.25) is 0 Å². The minimum Gasteiger partial charge on any atom is -0.397 e. The van der Waals surface area contributed by atoms with Gasteiger partial charge in [0.2, 0.25) is 0 Å². The van der Waals surface area contributed by atoms with Crippen LogP contribution < -0.4 is 11.1 Å². The van der Waals surface area contributed by atoms with Crippen LogP contribution in [0.5, 0.6) is 0 Å². The van der Waals surface area contributed by atoms with Gasteiger partial charge in [-0.2, -0.15) is 0 Å². The first-order valence-corrected chi connectivity index (χ1v) is 17.4. The molecule has 9 aromatic carbocycles. The van der Waals surface area contributed by atoms with Crippen LogP contribution in [0.1, 0.15) is 5.56 Å². The number of para-hydroxylation sites is 3. The van der Waals surface area contributed by atoms with E-state index in [4.69, 9.17) is 5.73 Å². The fourth-order valence-electron chi connectivity index (χ4n) is 7.05. The van der Waals surface area contributed by atoms with Crippen LogP contribution in [-0.2, 0) is 0 Å². The molecule has 244 valence electrons. The van der Waals surface area contributed by atoms with Gasteiger partial charge in [-0.25, -0.2) is 0 Å². The van der Waals surface area contributed by atoms with Gasteiger partial charge in [0.15, 0.2) is 0 Å². The molecule has 0 radical (unpaired) electrons. The zero-order valence-electron chi connectivity index (χ0n) is 28.6. The first-order chi connectivity index (χ1) is 25.1. The van der Waals surface area contributed by atoms with Gasteiger partial charge in [0.1, 0.15) is 0 Å². The number of hydrogen-bond acceptors (Lipinski definition) is 2. The average molecular weight is 655 g/mol. The summed E-state index contributed by atoms with van der Waals surface area (Å²) in [6, 6.07) is 68.6. The van der Waals surface area contributed by atoms with Crippen LogP contribution in [0.4, 0.5) is 17.1 Å². The summed E-state index contributed by atoms with van der Waals surface area (Å²) < 4.78 is 0. The molecule has 0 saturated heterocycles. The highest BCUT2D eigenvalue weighted by molar-refractivity contribution is 6.21. The van der Waals surface area contributed by atoms with Crippen molar-refractivity contribution in [2.24, 2.45) is 0 Å². The maximum Gasteiger partial charge on any atom is 0.0617 e. The molecule has 9 rings (SSSR count). The third-order valence-corrected chi connectivity index (χ3v) is 9.56. The molecule has 0 aliphatic heterocycles. The fourth-order valence-corrected chi connectivity index (χ4v) is 7.05. The molecule has 0 unspecified atom stereocenters. The number of anilines is 3. The molecular weight excluding hydrogens is 617 g/mol. The molecule has 0 aromatic heterocycles. The minimum atomic E-state index is 0.761. The highest BCUT2D eigenvalue weighted by atomic mass is 14.9. The van der Waals surface area contributed by atoms with Gasteiger partial charge in [-0.05, 0) is 96.9 Å². The molecule has 0 bridgehead atoms. The maximum atomic E-state index is 5.81. The van der Waals surface area contributed by atoms with Crippen molar-refractivity contribution in [3.63, 3.8) is 0 Å². The van der Waals surface area contributed by atoms with Gasteiger partial charge in [-0.15, -0.1) is 0 Å². The fraction of sp³-hybridized carbons (Fsp3) is 0.0204.